The number of aromatic nitrogens is 2. The molecule has 204 valence electrons. The third-order valence-corrected chi connectivity index (χ3v) is 8.05. The van der Waals surface area contributed by atoms with Crippen LogP contribution in [0, 0.1) is 0 Å². The van der Waals surface area contributed by atoms with Gasteiger partial charge < -0.3 is 9.64 Å². The van der Waals surface area contributed by atoms with Crippen LogP contribution >= 0.6 is 11.6 Å². The minimum absolute atomic E-state index is 0.0654. The minimum atomic E-state index is 0.0654. The zero-order valence-electron chi connectivity index (χ0n) is 23.1. The van der Waals surface area contributed by atoms with Crippen molar-refractivity contribution in [2.24, 2.45) is 0 Å². The van der Waals surface area contributed by atoms with Gasteiger partial charge in [-0.3, -0.25) is 9.58 Å². The zero-order valence-corrected chi connectivity index (χ0v) is 23.9. The molecule has 0 atom stereocenters. The zero-order chi connectivity index (χ0) is 27.1. The number of ether oxygens (including phenoxy) is 1. The Morgan fingerprint density at radius 2 is 1.54 bits per heavy atom. The van der Waals surface area contributed by atoms with Gasteiger partial charge in [0, 0.05) is 35.3 Å². The molecule has 1 aliphatic heterocycles. The molecule has 39 heavy (non-hydrogen) atoms. The Balaban J connectivity index is 1.22. The van der Waals surface area contributed by atoms with Crippen molar-refractivity contribution < 1.29 is 4.74 Å². The standard InChI is InChI=1S/C33H39ClN4O/c1-36(2)19-9-23-39-32-24-30(34)15-14-27(32)25-38-20-16-31(35-38)26-37-21-17-33(18-22-37,28-10-5-3-6-11-28)29-12-7-4-8-13-29/h3-8,10-16,20,24H,9,17-19,21-23,25-26H2,1-2H3. The summed E-state index contributed by atoms with van der Waals surface area (Å²) in [7, 11) is 4.15. The van der Waals surface area contributed by atoms with E-state index in [1.807, 2.05) is 22.9 Å². The van der Waals surface area contributed by atoms with Crippen molar-refractivity contribution >= 4 is 11.6 Å². The van der Waals surface area contributed by atoms with Crippen LogP contribution in [-0.2, 0) is 18.5 Å². The summed E-state index contributed by atoms with van der Waals surface area (Å²) >= 11 is 6.28. The molecule has 1 fully saturated rings. The molecule has 0 bridgehead atoms. The van der Waals surface area contributed by atoms with E-state index in [1.54, 1.807) is 0 Å². The third-order valence-electron chi connectivity index (χ3n) is 7.81. The van der Waals surface area contributed by atoms with Crippen molar-refractivity contribution in [3.8, 4) is 5.75 Å². The van der Waals surface area contributed by atoms with Gasteiger partial charge in [0.05, 0.1) is 18.8 Å². The number of halogens is 1. The first-order valence-electron chi connectivity index (χ1n) is 13.9. The van der Waals surface area contributed by atoms with E-state index in [2.05, 4.69) is 96.8 Å². The maximum atomic E-state index is 6.28. The molecule has 6 heteroatoms. The van der Waals surface area contributed by atoms with Gasteiger partial charge in [0.2, 0.25) is 0 Å². The fourth-order valence-corrected chi connectivity index (χ4v) is 5.85. The van der Waals surface area contributed by atoms with Crippen molar-refractivity contribution in [1.82, 2.24) is 19.6 Å². The molecule has 5 nitrogen and oxygen atoms in total. The van der Waals surface area contributed by atoms with Crippen molar-refractivity contribution in [3.05, 3.63) is 119 Å². The lowest BCUT2D eigenvalue weighted by Crippen LogP contribution is -2.43. The molecule has 0 amide bonds. The average Bonchev–Trinajstić information content (AvgIpc) is 3.40. The highest BCUT2D eigenvalue weighted by molar-refractivity contribution is 6.30. The van der Waals surface area contributed by atoms with Gasteiger partial charge >= 0.3 is 0 Å². The normalized spacial score (nSPS) is 15.5. The number of hydrogen-bond acceptors (Lipinski definition) is 4. The van der Waals surface area contributed by atoms with E-state index < -0.39 is 0 Å². The number of piperidine rings is 1. The van der Waals surface area contributed by atoms with Crippen LogP contribution in [0.4, 0.5) is 0 Å². The van der Waals surface area contributed by atoms with Crippen LogP contribution in [0.2, 0.25) is 5.02 Å². The van der Waals surface area contributed by atoms with Gasteiger partial charge in [0.25, 0.3) is 0 Å². The van der Waals surface area contributed by atoms with Crippen LogP contribution in [-0.4, -0.2) is 59.9 Å². The minimum Gasteiger partial charge on any atom is -0.493 e. The van der Waals surface area contributed by atoms with Crippen LogP contribution in [0.15, 0.2) is 91.1 Å². The maximum absolute atomic E-state index is 6.28. The summed E-state index contributed by atoms with van der Waals surface area (Å²) < 4.78 is 8.11. The highest BCUT2D eigenvalue weighted by atomic mass is 35.5. The van der Waals surface area contributed by atoms with Gasteiger partial charge in [-0.05, 0) is 75.8 Å². The second-order valence-corrected chi connectivity index (χ2v) is 11.3. The predicted octanol–water partition coefficient (Wildman–Crippen LogP) is 6.50. The number of likely N-dealkylation sites (tertiary alicyclic amines) is 1. The van der Waals surface area contributed by atoms with Gasteiger partial charge in [-0.2, -0.15) is 5.10 Å². The highest BCUT2D eigenvalue weighted by Gasteiger charge is 2.37. The molecule has 1 aromatic heterocycles. The van der Waals surface area contributed by atoms with Gasteiger partial charge in [-0.15, -0.1) is 0 Å². The van der Waals surface area contributed by atoms with Crippen molar-refractivity contribution in [3.63, 3.8) is 0 Å². The Kier molecular flexibility index (Phi) is 9.02. The fraction of sp³-hybridized carbons (Fsp3) is 0.364. The quantitative estimate of drug-likeness (QED) is 0.203. The summed E-state index contributed by atoms with van der Waals surface area (Å²) in [4.78, 5) is 4.71. The first-order valence-corrected chi connectivity index (χ1v) is 14.3. The molecule has 1 aliphatic rings. The van der Waals surface area contributed by atoms with Crippen LogP contribution in [0.1, 0.15) is 41.6 Å². The molecule has 0 aliphatic carbocycles. The van der Waals surface area contributed by atoms with E-state index in [1.165, 1.54) is 11.1 Å². The molecular weight excluding hydrogens is 504 g/mol. The van der Waals surface area contributed by atoms with Crippen molar-refractivity contribution in [2.45, 2.75) is 37.8 Å². The van der Waals surface area contributed by atoms with Crippen LogP contribution in [0.5, 0.6) is 5.75 Å². The number of benzene rings is 3. The summed E-state index contributed by atoms with van der Waals surface area (Å²) in [5, 5.41) is 5.60. The van der Waals surface area contributed by atoms with E-state index in [0.29, 0.717) is 18.2 Å². The van der Waals surface area contributed by atoms with Gasteiger partial charge in [-0.1, -0.05) is 78.3 Å². The molecular formula is C33H39ClN4O. The Morgan fingerprint density at radius 1 is 0.872 bits per heavy atom. The summed E-state index contributed by atoms with van der Waals surface area (Å²) in [6.07, 6.45) is 5.24. The van der Waals surface area contributed by atoms with E-state index in [9.17, 15) is 0 Å². The molecule has 0 spiro atoms. The fourth-order valence-electron chi connectivity index (χ4n) is 5.69. The smallest absolute Gasteiger partial charge is 0.125 e. The second-order valence-electron chi connectivity index (χ2n) is 10.9. The SMILES string of the molecule is CN(C)CCCOc1cc(Cl)ccc1Cn1ccc(CN2CCC(c3ccccc3)(c3ccccc3)CC2)n1. The molecule has 1 saturated heterocycles. The lowest BCUT2D eigenvalue weighted by atomic mass is 9.68. The van der Waals surface area contributed by atoms with Gasteiger partial charge in [-0.25, -0.2) is 0 Å². The van der Waals surface area contributed by atoms with E-state index >= 15 is 0 Å². The lowest BCUT2D eigenvalue weighted by Gasteiger charge is -2.42. The Labute approximate surface area is 238 Å². The predicted molar refractivity (Wildman–Crippen MR) is 160 cm³/mol. The molecule has 0 radical (unpaired) electrons. The van der Waals surface area contributed by atoms with Gasteiger partial charge in [0.15, 0.2) is 0 Å². The van der Waals surface area contributed by atoms with Crippen LogP contribution in [0.3, 0.4) is 0 Å². The molecule has 2 heterocycles. The monoisotopic (exact) mass is 542 g/mol. The Bertz CT molecular complexity index is 1270. The van der Waals surface area contributed by atoms with Crippen molar-refractivity contribution in [1.29, 1.82) is 0 Å². The first-order chi connectivity index (χ1) is 19.0. The summed E-state index contributed by atoms with van der Waals surface area (Å²) in [5.41, 5.74) is 5.10. The number of rotatable bonds is 11. The van der Waals surface area contributed by atoms with Crippen LogP contribution in [0.25, 0.3) is 0 Å². The lowest BCUT2D eigenvalue weighted by molar-refractivity contribution is 0.170. The summed E-state index contributed by atoms with van der Waals surface area (Å²) in [5.74, 6) is 0.840. The van der Waals surface area contributed by atoms with E-state index in [0.717, 1.165) is 62.4 Å². The average molecular weight is 543 g/mol. The number of nitrogens with zero attached hydrogens (tertiary/aromatic N) is 4. The van der Waals surface area contributed by atoms with E-state index in [-0.39, 0.29) is 5.41 Å². The summed E-state index contributed by atoms with van der Waals surface area (Å²) in [6, 6.07) is 30.1. The Hall–Kier alpha value is -3.12. The van der Waals surface area contributed by atoms with Gasteiger partial charge in [0.1, 0.15) is 5.75 Å². The molecule has 0 unspecified atom stereocenters. The largest absolute Gasteiger partial charge is 0.493 e. The summed E-state index contributed by atoms with van der Waals surface area (Å²) in [6.45, 7) is 5.26. The highest BCUT2D eigenvalue weighted by Crippen LogP contribution is 2.41. The molecule has 3 aromatic carbocycles. The molecule has 0 saturated carbocycles. The topological polar surface area (TPSA) is 33.5 Å². The van der Waals surface area contributed by atoms with Crippen molar-refractivity contribution in [2.75, 3.05) is 40.3 Å². The second kappa shape index (κ2) is 12.8. The maximum Gasteiger partial charge on any atom is 0.125 e. The molecule has 0 N–H and O–H groups in total. The molecule has 4 aromatic rings. The number of hydrogen-bond donors (Lipinski definition) is 0. The van der Waals surface area contributed by atoms with Crippen LogP contribution < -0.4 is 4.74 Å². The molecule has 5 rings (SSSR count). The third kappa shape index (κ3) is 6.91. The Morgan fingerprint density at radius 3 is 2.18 bits per heavy atom. The first kappa shape index (κ1) is 27.4. The van der Waals surface area contributed by atoms with E-state index in [4.69, 9.17) is 21.4 Å².